The second-order valence-electron chi connectivity index (χ2n) is 5.59. The molecule has 2 heterocycles. The smallest absolute Gasteiger partial charge is 0.254 e. The quantitative estimate of drug-likeness (QED) is 0.686. The van der Waals surface area contributed by atoms with Crippen molar-refractivity contribution in [1.29, 1.82) is 0 Å². The summed E-state index contributed by atoms with van der Waals surface area (Å²) in [6.07, 6.45) is 3.40. The maximum atomic E-state index is 11.9. The van der Waals surface area contributed by atoms with Gasteiger partial charge in [-0.1, -0.05) is 18.2 Å². The summed E-state index contributed by atoms with van der Waals surface area (Å²) in [5, 5.41) is 5.81. The molecule has 0 saturated heterocycles. The minimum absolute atomic E-state index is 0.168. The summed E-state index contributed by atoms with van der Waals surface area (Å²) >= 11 is 0. The molecule has 0 fully saturated rings. The lowest BCUT2D eigenvalue weighted by molar-refractivity contribution is 0.0963. The van der Waals surface area contributed by atoms with Gasteiger partial charge >= 0.3 is 0 Å². The number of hydrogen-bond acceptors (Lipinski definition) is 5. The summed E-state index contributed by atoms with van der Waals surface area (Å²) < 4.78 is 5.73. The zero-order valence-electron chi connectivity index (χ0n) is 14.5. The van der Waals surface area contributed by atoms with Gasteiger partial charge in [0.25, 0.3) is 5.91 Å². The monoisotopic (exact) mass is 348 g/mol. The third-order valence-corrected chi connectivity index (χ3v) is 3.78. The Bertz CT molecular complexity index is 851. The molecule has 132 valence electrons. The predicted octanol–water partition coefficient (Wildman–Crippen LogP) is 3.03. The number of ether oxygens (including phenoxy) is 1. The first-order valence-corrected chi connectivity index (χ1v) is 8.29. The number of hydrogen-bond donors (Lipinski definition) is 2. The standard InChI is InChI=1S/C20H20N4O2/c1-21-20(25)18-6-4-12-23-19(18)24-13-15-7-9-17(10-8-15)26-14-16-5-2-3-11-22-16/h2-12H,13-14H2,1H3,(H,21,25)(H,23,24). The van der Waals surface area contributed by atoms with Crippen molar-refractivity contribution in [2.45, 2.75) is 13.2 Å². The average Bonchev–Trinajstić information content (AvgIpc) is 2.72. The minimum atomic E-state index is -0.168. The van der Waals surface area contributed by atoms with E-state index in [1.54, 1.807) is 31.6 Å². The summed E-state index contributed by atoms with van der Waals surface area (Å²) in [5.74, 6) is 1.17. The van der Waals surface area contributed by atoms with Crippen molar-refractivity contribution in [3.05, 3.63) is 83.8 Å². The number of carbonyl (C=O) groups excluding carboxylic acids is 1. The van der Waals surface area contributed by atoms with E-state index >= 15 is 0 Å². The molecule has 0 radical (unpaired) electrons. The maximum absolute atomic E-state index is 11.9. The van der Waals surface area contributed by atoms with E-state index in [4.69, 9.17) is 4.74 Å². The van der Waals surface area contributed by atoms with Crippen LogP contribution in [-0.2, 0) is 13.2 Å². The minimum Gasteiger partial charge on any atom is -0.487 e. The third kappa shape index (κ3) is 4.57. The van der Waals surface area contributed by atoms with Crippen molar-refractivity contribution in [2.24, 2.45) is 0 Å². The number of nitrogens with one attached hydrogen (secondary N) is 2. The molecule has 1 amide bonds. The summed E-state index contributed by atoms with van der Waals surface area (Å²) in [6, 6.07) is 17.0. The van der Waals surface area contributed by atoms with Gasteiger partial charge in [0.2, 0.25) is 0 Å². The largest absolute Gasteiger partial charge is 0.487 e. The van der Waals surface area contributed by atoms with E-state index in [1.807, 2.05) is 42.5 Å². The molecule has 0 aliphatic carbocycles. The van der Waals surface area contributed by atoms with E-state index in [9.17, 15) is 4.79 Å². The predicted molar refractivity (Wildman–Crippen MR) is 100.0 cm³/mol. The Morgan fingerprint density at radius 3 is 2.54 bits per heavy atom. The zero-order chi connectivity index (χ0) is 18.2. The highest BCUT2D eigenvalue weighted by molar-refractivity contribution is 5.98. The number of amides is 1. The number of pyridine rings is 2. The second kappa shape index (κ2) is 8.62. The molecule has 6 heteroatoms. The molecule has 6 nitrogen and oxygen atoms in total. The second-order valence-corrected chi connectivity index (χ2v) is 5.59. The Labute approximate surface area is 152 Å². The lowest BCUT2D eigenvalue weighted by atomic mass is 10.2. The van der Waals surface area contributed by atoms with Gasteiger partial charge in [-0.2, -0.15) is 0 Å². The lowest BCUT2D eigenvalue weighted by Crippen LogP contribution is -2.20. The van der Waals surface area contributed by atoms with Crippen molar-refractivity contribution in [2.75, 3.05) is 12.4 Å². The number of anilines is 1. The van der Waals surface area contributed by atoms with Crippen molar-refractivity contribution >= 4 is 11.7 Å². The summed E-state index contributed by atoms with van der Waals surface area (Å²) in [5.41, 5.74) is 2.46. The van der Waals surface area contributed by atoms with Crippen LogP contribution in [-0.4, -0.2) is 22.9 Å². The Balaban J connectivity index is 1.57. The van der Waals surface area contributed by atoms with Crippen LogP contribution in [0.1, 0.15) is 21.6 Å². The lowest BCUT2D eigenvalue weighted by Gasteiger charge is -2.11. The van der Waals surface area contributed by atoms with Gasteiger partial charge in [0.05, 0.1) is 11.3 Å². The van der Waals surface area contributed by atoms with Crippen LogP contribution in [0.3, 0.4) is 0 Å². The van der Waals surface area contributed by atoms with Crippen LogP contribution in [0.15, 0.2) is 67.0 Å². The Kier molecular flexibility index (Phi) is 5.77. The highest BCUT2D eigenvalue weighted by atomic mass is 16.5. The molecular weight excluding hydrogens is 328 g/mol. The topological polar surface area (TPSA) is 76.1 Å². The Hall–Kier alpha value is -3.41. The van der Waals surface area contributed by atoms with Gasteiger partial charge in [0.15, 0.2) is 0 Å². The van der Waals surface area contributed by atoms with Crippen LogP contribution in [0.2, 0.25) is 0 Å². The molecule has 0 aliphatic rings. The van der Waals surface area contributed by atoms with Gasteiger partial charge in [0, 0.05) is 26.0 Å². The van der Waals surface area contributed by atoms with E-state index in [-0.39, 0.29) is 5.91 Å². The van der Waals surface area contributed by atoms with Gasteiger partial charge < -0.3 is 15.4 Å². The van der Waals surface area contributed by atoms with Gasteiger partial charge in [-0.3, -0.25) is 9.78 Å². The van der Waals surface area contributed by atoms with Crippen molar-refractivity contribution in [3.63, 3.8) is 0 Å². The molecule has 3 aromatic rings. The van der Waals surface area contributed by atoms with E-state index in [1.165, 1.54) is 0 Å². The molecule has 0 aliphatic heterocycles. The molecule has 2 aromatic heterocycles. The van der Waals surface area contributed by atoms with E-state index < -0.39 is 0 Å². The van der Waals surface area contributed by atoms with Crippen molar-refractivity contribution in [1.82, 2.24) is 15.3 Å². The van der Waals surface area contributed by atoms with E-state index in [2.05, 4.69) is 20.6 Å². The van der Waals surface area contributed by atoms with Crippen LogP contribution >= 0.6 is 0 Å². The van der Waals surface area contributed by atoms with Gasteiger partial charge in [-0.05, 0) is 42.0 Å². The molecule has 0 spiro atoms. The number of carbonyl (C=O) groups is 1. The molecule has 0 bridgehead atoms. The highest BCUT2D eigenvalue weighted by Gasteiger charge is 2.10. The summed E-state index contributed by atoms with van der Waals surface area (Å²) in [6.45, 7) is 0.989. The van der Waals surface area contributed by atoms with Crippen LogP contribution in [0.5, 0.6) is 5.75 Å². The molecule has 0 atom stereocenters. The fraction of sp³-hybridized carbons (Fsp3) is 0.150. The van der Waals surface area contributed by atoms with Gasteiger partial charge in [0.1, 0.15) is 18.2 Å². The number of nitrogens with zero attached hydrogens (tertiary/aromatic N) is 2. The highest BCUT2D eigenvalue weighted by Crippen LogP contribution is 2.16. The molecular formula is C20H20N4O2. The van der Waals surface area contributed by atoms with Gasteiger partial charge in [-0.15, -0.1) is 0 Å². The van der Waals surface area contributed by atoms with Crippen LogP contribution in [0.25, 0.3) is 0 Å². The first-order chi connectivity index (χ1) is 12.8. The molecule has 2 N–H and O–H groups in total. The average molecular weight is 348 g/mol. The third-order valence-electron chi connectivity index (χ3n) is 3.78. The normalized spacial score (nSPS) is 10.2. The summed E-state index contributed by atoms with van der Waals surface area (Å²) in [4.78, 5) is 20.3. The summed E-state index contributed by atoms with van der Waals surface area (Å²) in [7, 11) is 1.60. The number of rotatable bonds is 7. The molecule has 3 rings (SSSR count). The fourth-order valence-electron chi connectivity index (χ4n) is 2.39. The van der Waals surface area contributed by atoms with Crippen LogP contribution in [0.4, 0.5) is 5.82 Å². The SMILES string of the molecule is CNC(=O)c1cccnc1NCc1ccc(OCc2ccccn2)cc1. The molecule has 1 aromatic carbocycles. The maximum Gasteiger partial charge on any atom is 0.254 e. The van der Waals surface area contributed by atoms with Crippen molar-refractivity contribution in [3.8, 4) is 5.75 Å². The van der Waals surface area contributed by atoms with Crippen molar-refractivity contribution < 1.29 is 9.53 Å². The van der Waals surface area contributed by atoms with E-state index in [0.29, 0.717) is 24.5 Å². The first-order valence-electron chi connectivity index (χ1n) is 8.29. The number of benzene rings is 1. The Morgan fingerprint density at radius 2 is 1.81 bits per heavy atom. The molecule has 0 saturated carbocycles. The first kappa shape index (κ1) is 17.4. The Morgan fingerprint density at radius 1 is 1.00 bits per heavy atom. The molecule has 0 unspecified atom stereocenters. The van der Waals surface area contributed by atoms with Crippen LogP contribution in [0, 0.1) is 0 Å². The molecule has 26 heavy (non-hydrogen) atoms. The van der Waals surface area contributed by atoms with Gasteiger partial charge in [-0.25, -0.2) is 4.98 Å². The zero-order valence-corrected chi connectivity index (χ0v) is 14.5. The van der Waals surface area contributed by atoms with Crippen LogP contribution < -0.4 is 15.4 Å². The van der Waals surface area contributed by atoms with E-state index in [0.717, 1.165) is 17.0 Å². The number of aromatic nitrogens is 2. The fourth-order valence-corrected chi connectivity index (χ4v) is 2.39.